The standard InChI is InChI=1S/C18H22N2O4S2/c1-13-5-10-17(24-3)16(11-13)19-18(21)12-20(2)26(22,23)15-8-6-14(25-4)7-9-15/h5-11H,12H2,1-4H3,(H,19,21). The average Bonchev–Trinajstić information content (AvgIpc) is 2.61. The van der Waals surface area contributed by atoms with Crippen molar-refractivity contribution in [2.24, 2.45) is 0 Å². The fourth-order valence-electron chi connectivity index (χ4n) is 2.32. The lowest BCUT2D eigenvalue weighted by molar-refractivity contribution is -0.116. The maximum Gasteiger partial charge on any atom is 0.243 e. The maximum absolute atomic E-state index is 12.6. The largest absolute Gasteiger partial charge is 0.495 e. The Kier molecular flexibility index (Phi) is 6.69. The van der Waals surface area contributed by atoms with Crippen LogP contribution in [0, 0.1) is 6.92 Å². The van der Waals surface area contributed by atoms with Gasteiger partial charge in [0.1, 0.15) is 5.75 Å². The minimum atomic E-state index is -3.74. The molecule has 0 saturated heterocycles. The van der Waals surface area contributed by atoms with E-state index in [1.165, 1.54) is 25.9 Å². The van der Waals surface area contributed by atoms with E-state index in [-0.39, 0.29) is 11.4 Å². The molecule has 2 rings (SSSR count). The smallest absolute Gasteiger partial charge is 0.243 e. The number of carbonyl (C=O) groups excluding carboxylic acids is 1. The Hall–Kier alpha value is -2.03. The molecular formula is C18H22N2O4S2. The number of sulfonamides is 1. The van der Waals surface area contributed by atoms with E-state index in [0.29, 0.717) is 11.4 Å². The van der Waals surface area contributed by atoms with E-state index in [2.05, 4.69) is 5.32 Å². The molecule has 0 aliphatic rings. The SMILES string of the molecule is COc1ccc(C)cc1NC(=O)CN(C)S(=O)(=O)c1ccc(SC)cc1. The molecule has 0 atom stereocenters. The third-order valence-corrected chi connectivity index (χ3v) is 6.32. The number of methoxy groups -OCH3 is 1. The van der Waals surface area contributed by atoms with Gasteiger partial charge in [0, 0.05) is 11.9 Å². The molecule has 0 fully saturated rings. The summed E-state index contributed by atoms with van der Waals surface area (Å²) in [7, 11) is -0.854. The Bertz CT molecular complexity index is 881. The highest BCUT2D eigenvalue weighted by atomic mass is 32.2. The number of nitrogens with one attached hydrogen (secondary N) is 1. The van der Waals surface area contributed by atoms with Gasteiger partial charge < -0.3 is 10.1 Å². The zero-order chi connectivity index (χ0) is 19.3. The number of thioether (sulfide) groups is 1. The number of carbonyl (C=O) groups is 1. The molecular weight excluding hydrogens is 372 g/mol. The first-order valence-electron chi connectivity index (χ1n) is 7.83. The highest BCUT2D eigenvalue weighted by Crippen LogP contribution is 2.25. The Labute approximate surface area is 158 Å². The molecule has 1 N–H and O–H groups in total. The lowest BCUT2D eigenvalue weighted by Crippen LogP contribution is -2.35. The second kappa shape index (κ2) is 8.57. The Morgan fingerprint density at radius 3 is 2.42 bits per heavy atom. The Morgan fingerprint density at radius 2 is 1.85 bits per heavy atom. The van der Waals surface area contributed by atoms with Crippen molar-refractivity contribution in [1.29, 1.82) is 0 Å². The van der Waals surface area contributed by atoms with Gasteiger partial charge in [-0.25, -0.2) is 8.42 Å². The van der Waals surface area contributed by atoms with E-state index in [4.69, 9.17) is 4.74 Å². The van der Waals surface area contributed by atoms with Crippen LogP contribution in [-0.2, 0) is 14.8 Å². The lowest BCUT2D eigenvalue weighted by atomic mass is 10.2. The van der Waals surface area contributed by atoms with Gasteiger partial charge in [-0.1, -0.05) is 6.07 Å². The van der Waals surface area contributed by atoms with E-state index in [9.17, 15) is 13.2 Å². The number of amides is 1. The minimum absolute atomic E-state index is 0.152. The molecule has 2 aromatic carbocycles. The van der Waals surface area contributed by atoms with Gasteiger partial charge in [-0.3, -0.25) is 4.79 Å². The second-order valence-corrected chi connectivity index (χ2v) is 8.61. The number of aryl methyl sites for hydroxylation is 1. The van der Waals surface area contributed by atoms with E-state index < -0.39 is 15.9 Å². The number of rotatable bonds is 7. The first-order valence-corrected chi connectivity index (χ1v) is 10.5. The molecule has 0 bridgehead atoms. The van der Waals surface area contributed by atoms with Gasteiger partial charge in [0.15, 0.2) is 0 Å². The van der Waals surface area contributed by atoms with Crippen LogP contribution in [-0.4, -0.2) is 45.6 Å². The molecule has 26 heavy (non-hydrogen) atoms. The predicted octanol–water partition coefficient (Wildman–Crippen LogP) is 2.98. The van der Waals surface area contributed by atoms with Crippen LogP contribution in [0.3, 0.4) is 0 Å². The van der Waals surface area contributed by atoms with E-state index >= 15 is 0 Å². The average molecular weight is 395 g/mol. The molecule has 0 aromatic heterocycles. The van der Waals surface area contributed by atoms with Gasteiger partial charge >= 0.3 is 0 Å². The van der Waals surface area contributed by atoms with Crippen LogP contribution in [0.4, 0.5) is 5.69 Å². The summed E-state index contributed by atoms with van der Waals surface area (Å²) in [5, 5.41) is 2.70. The zero-order valence-corrected chi connectivity index (χ0v) is 16.8. The molecule has 0 heterocycles. The maximum atomic E-state index is 12.6. The summed E-state index contributed by atoms with van der Waals surface area (Å²) >= 11 is 1.53. The summed E-state index contributed by atoms with van der Waals surface area (Å²) in [5.74, 6) is 0.0721. The molecule has 0 aliphatic carbocycles. The van der Waals surface area contributed by atoms with Crippen LogP contribution in [0.2, 0.25) is 0 Å². The van der Waals surface area contributed by atoms with Crippen molar-refractivity contribution in [2.45, 2.75) is 16.7 Å². The van der Waals surface area contributed by atoms with Crippen LogP contribution < -0.4 is 10.1 Å². The summed E-state index contributed by atoms with van der Waals surface area (Å²) < 4.78 is 31.5. The molecule has 2 aromatic rings. The summed E-state index contributed by atoms with van der Waals surface area (Å²) in [5.41, 5.74) is 1.46. The summed E-state index contributed by atoms with van der Waals surface area (Å²) in [4.78, 5) is 13.4. The van der Waals surface area contributed by atoms with Gasteiger partial charge in [0.25, 0.3) is 0 Å². The van der Waals surface area contributed by atoms with Crippen LogP contribution in [0.15, 0.2) is 52.3 Å². The first kappa shape index (κ1) is 20.3. The molecule has 0 saturated carbocycles. The molecule has 140 valence electrons. The highest BCUT2D eigenvalue weighted by Gasteiger charge is 2.23. The number of anilines is 1. The molecule has 8 heteroatoms. The molecule has 1 amide bonds. The van der Waals surface area contributed by atoms with E-state index in [0.717, 1.165) is 14.8 Å². The van der Waals surface area contributed by atoms with Crippen LogP contribution in [0.1, 0.15) is 5.56 Å². The quantitative estimate of drug-likeness (QED) is 0.731. The lowest BCUT2D eigenvalue weighted by Gasteiger charge is -2.18. The van der Waals surface area contributed by atoms with Crippen LogP contribution in [0.25, 0.3) is 0 Å². The highest BCUT2D eigenvalue weighted by molar-refractivity contribution is 7.98. The van der Waals surface area contributed by atoms with Crippen molar-refractivity contribution < 1.29 is 17.9 Å². The third kappa shape index (κ3) is 4.78. The number of hydrogen-bond acceptors (Lipinski definition) is 5. The number of benzene rings is 2. The number of hydrogen-bond donors (Lipinski definition) is 1. The predicted molar refractivity (Wildman–Crippen MR) is 104 cm³/mol. The van der Waals surface area contributed by atoms with E-state index in [1.54, 1.807) is 36.4 Å². The van der Waals surface area contributed by atoms with Crippen molar-refractivity contribution in [3.8, 4) is 5.75 Å². The summed E-state index contributed by atoms with van der Waals surface area (Å²) in [6.07, 6.45) is 1.92. The fourth-order valence-corrected chi connectivity index (χ4v) is 3.86. The summed E-state index contributed by atoms with van der Waals surface area (Å²) in [6.45, 7) is 1.59. The second-order valence-electron chi connectivity index (χ2n) is 5.69. The van der Waals surface area contributed by atoms with Gasteiger partial charge in [-0.2, -0.15) is 4.31 Å². The first-order chi connectivity index (χ1) is 12.3. The number of ether oxygens (including phenoxy) is 1. The molecule has 6 nitrogen and oxygen atoms in total. The monoisotopic (exact) mass is 394 g/mol. The van der Waals surface area contributed by atoms with Gasteiger partial charge in [-0.15, -0.1) is 11.8 Å². The Morgan fingerprint density at radius 1 is 1.19 bits per heavy atom. The molecule has 0 aliphatic heterocycles. The van der Waals surface area contributed by atoms with Crippen molar-refractivity contribution in [3.63, 3.8) is 0 Å². The number of nitrogens with zero attached hydrogens (tertiary/aromatic N) is 1. The third-order valence-electron chi connectivity index (χ3n) is 3.76. The number of likely N-dealkylation sites (N-methyl/N-ethyl adjacent to an activating group) is 1. The van der Waals surface area contributed by atoms with Crippen molar-refractivity contribution in [2.75, 3.05) is 32.3 Å². The molecule has 0 unspecified atom stereocenters. The van der Waals surface area contributed by atoms with Gasteiger partial charge in [0.2, 0.25) is 15.9 Å². The fraction of sp³-hybridized carbons (Fsp3) is 0.278. The van der Waals surface area contributed by atoms with Crippen LogP contribution in [0.5, 0.6) is 5.75 Å². The minimum Gasteiger partial charge on any atom is -0.495 e. The normalized spacial score (nSPS) is 11.4. The Balaban J connectivity index is 2.11. The topological polar surface area (TPSA) is 75.7 Å². The van der Waals surface area contributed by atoms with Crippen molar-refractivity contribution in [1.82, 2.24) is 4.31 Å². The van der Waals surface area contributed by atoms with Gasteiger partial charge in [-0.05, 0) is 55.1 Å². The summed E-state index contributed by atoms with van der Waals surface area (Å²) in [6, 6.07) is 11.9. The van der Waals surface area contributed by atoms with Gasteiger partial charge in [0.05, 0.1) is 24.2 Å². The van der Waals surface area contributed by atoms with Crippen molar-refractivity contribution >= 4 is 33.4 Å². The van der Waals surface area contributed by atoms with Crippen molar-refractivity contribution in [3.05, 3.63) is 48.0 Å². The molecule has 0 spiro atoms. The molecule has 0 radical (unpaired) electrons. The van der Waals surface area contributed by atoms with Crippen LogP contribution >= 0.6 is 11.8 Å². The zero-order valence-electron chi connectivity index (χ0n) is 15.1. The van der Waals surface area contributed by atoms with E-state index in [1.807, 2.05) is 19.2 Å².